The first-order chi connectivity index (χ1) is 12.2. The summed E-state index contributed by atoms with van der Waals surface area (Å²) in [5.41, 5.74) is 1.37. The van der Waals surface area contributed by atoms with Gasteiger partial charge in [-0.15, -0.1) is 22.7 Å². The second-order valence-electron chi connectivity index (χ2n) is 5.46. The zero-order valence-electron chi connectivity index (χ0n) is 13.3. The number of ether oxygens (including phenoxy) is 1. The molecule has 0 aliphatic rings. The van der Waals surface area contributed by atoms with Crippen LogP contribution >= 0.6 is 22.7 Å². The van der Waals surface area contributed by atoms with Crippen molar-refractivity contribution in [1.29, 1.82) is 0 Å². The number of thiophene rings is 1. The molecule has 0 saturated heterocycles. The summed E-state index contributed by atoms with van der Waals surface area (Å²) in [5.74, 6) is -0.585. The number of halogens is 1. The smallest absolute Gasteiger partial charge is 0.262 e. The molecule has 0 saturated carbocycles. The molecule has 0 bridgehead atoms. The van der Waals surface area contributed by atoms with Crippen LogP contribution in [-0.2, 0) is 17.9 Å². The standard InChI is InChI=1S/C17H14FN3O2S2/c1-23-9-11-14-12(18)3-2-4-13(14)25-15(11)16(22)19-7-10-8-21-5-6-24-17(21)20-10/h2-6,8H,7,9H2,1H3,(H,19,22). The van der Waals surface area contributed by atoms with Gasteiger partial charge in [-0.2, -0.15) is 0 Å². The molecule has 0 atom stereocenters. The second-order valence-corrected chi connectivity index (χ2v) is 7.39. The molecule has 128 valence electrons. The molecule has 0 radical (unpaired) electrons. The summed E-state index contributed by atoms with van der Waals surface area (Å²) in [4.78, 5) is 18.4. The third-order valence-electron chi connectivity index (χ3n) is 3.83. The van der Waals surface area contributed by atoms with Crippen LogP contribution in [0.4, 0.5) is 4.39 Å². The fraction of sp³-hybridized carbons (Fsp3) is 0.176. The van der Waals surface area contributed by atoms with Crippen LogP contribution in [0.2, 0.25) is 0 Å². The van der Waals surface area contributed by atoms with Crippen molar-refractivity contribution in [3.05, 3.63) is 57.9 Å². The topological polar surface area (TPSA) is 55.6 Å². The van der Waals surface area contributed by atoms with Crippen LogP contribution < -0.4 is 5.32 Å². The molecule has 0 aliphatic carbocycles. The summed E-state index contributed by atoms with van der Waals surface area (Å²) in [6, 6.07) is 4.85. The molecule has 3 aromatic heterocycles. The molecule has 1 N–H and O–H groups in total. The van der Waals surface area contributed by atoms with Crippen LogP contribution in [0, 0.1) is 5.82 Å². The lowest BCUT2D eigenvalue weighted by Gasteiger charge is -2.05. The monoisotopic (exact) mass is 375 g/mol. The largest absolute Gasteiger partial charge is 0.380 e. The molecule has 3 heterocycles. The molecule has 0 spiro atoms. The Labute approximate surface area is 150 Å². The molecule has 1 amide bonds. The average Bonchev–Trinajstić information content (AvgIpc) is 3.26. The third-order valence-corrected chi connectivity index (χ3v) is 5.80. The minimum absolute atomic E-state index is 0.184. The van der Waals surface area contributed by atoms with Crippen LogP contribution in [0.1, 0.15) is 20.9 Å². The van der Waals surface area contributed by atoms with Gasteiger partial charge in [-0.25, -0.2) is 9.37 Å². The van der Waals surface area contributed by atoms with Gasteiger partial charge in [0.05, 0.1) is 23.7 Å². The minimum atomic E-state index is -0.339. The highest BCUT2D eigenvalue weighted by Gasteiger charge is 2.20. The van der Waals surface area contributed by atoms with E-state index < -0.39 is 0 Å². The Morgan fingerprint density at radius 2 is 2.32 bits per heavy atom. The Hall–Kier alpha value is -2.29. The SMILES string of the molecule is COCc1c(C(=O)NCc2cn3ccsc3n2)sc2cccc(F)c12. The normalized spacial score (nSPS) is 11.4. The van der Waals surface area contributed by atoms with E-state index in [1.807, 2.05) is 28.2 Å². The summed E-state index contributed by atoms with van der Waals surface area (Å²) in [6.07, 6.45) is 3.80. The van der Waals surface area contributed by atoms with Crippen molar-refractivity contribution in [2.24, 2.45) is 0 Å². The molecule has 0 fully saturated rings. The Bertz CT molecular complexity index is 1040. The lowest BCUT2D eigenvalue weighted by atomic mass is 10.1. The van der Waals surface area contributed by atoms with E-state index in [0.717, 1.165) is 15.4 Å². The first-order valence-electron chi connectivity index (χ1n) is 7.55. The van der Waals surface area contributed by atoms with E-state index in [0.29, 0.717) is 22.4 Å². The van der Waals surface area contributed by atoms with Gasteiger partial charge in [0.25, 0.3) is 5.91 Å². The van der Waals surface area contributed by atoms with Crippen molar-refractivity contribution in [3.63, 3.8) is 0 Å². The average molecular weight is 375 g/mol. The van der Waals surface area contributed by atoms with E-state index in [-0.39, 0.29) is 18.3 Å². The molecular formula is C17H14FN3O2S2. The van der Waals surface area contributed by atoms with Crippen LogP contribution in [0.15, 0.2) is 36.0 Å². The lowest BCUT2D eigenvalue weighted by molar-refractivity contribution is 0.0950. The first-order valence-corrected chi connectivity index (χ1v) is 9.25. The minimum Gasteiger partial charge on any atom is -0.380 e. The molecule has 8 heteroatoms. The number of benzene rings is 1. The van der Waals surface area contributed by atoms with Gasteiger partial charge in [0.15, 0.2) is 4.96 Å². The Kier molecular flexibility index (Phi) is 4.24. The number of imidazole rings is 1. The van der Waals surface area contributed by atoms with Crippen molar-refractivity contribution in [1.82, 2.24) is 14.7 Å². The van der Waals surface area contributed by atoms with Crippen molar-refractivity contribution in [2.75, 3.05) is 7.11 Å². The van der Waals surface area contributed by atoms with Crippen molar-refractivity contribution in [2.45, 2.75) is 13.2 Å². The summed E-state index contributed by atoms with van der Waals surface area (Å²) < 4.78 is 22.0. The van der Waals surface area contributed by atoms with Crippen molar-refractivity contribution in [3.8, 4) is 0 Å². The van der Waals surface area contributed by atoms with Crippen LogP contribution in [0.3, 0.4) is 0 Å². The Morgan fingerprint density at radius 3 is 3.12 bits per heavy atom. The number of fused-ring (bicyclic) bond motifs is 2. The molecule has 1 aromatic carbocycles. The maximum absolute atomic E-state index is 14.2. The highest BCUT2D eigenvalue weighted by atomic mass is 32.1. The van der Waals surface area contributed by atoms with Crippen LogP contribution in [0.25, 0.3) is 15.0 Å². The summed E-state index contributed by atoms with van der Waals surface area (Å²) in [6.45, 7) is 0.500. The van der Waals surface area contributed by atoms with E-state index in [4.69, 9.17) is 4.74 Å². The summed E-state index contributed by atoms with van der Waals surface area (Å²) in [7, 11) is 1.53. The first kappa shape index (κ1) is 16.2. The van der Waals surface area contributed by atoms with Crippen LogP contribution in [0.5, 0.6) is 0 Å². The second kappa shape index (κ2) is 6.55. The maximum atomic E-state index is 14.2. The van der Waals surface area contributed by atoms with Gasteiger partial charge in [-0.3, -0.25) is 9.20 Å². The van der Waals surface area contributed by atoms with Crippen molar-refractivity contribution >= 4 is 43.6 Å². The number of carbonyl (C=O) groups is 1. The number of aromatic nitrogens is 2. The molecule has 4 rings (SSSR count). The number of thiazole rings is 1. The number of nitrogens with zero attached hydrogens (tertiary/aromatic N) is 2. The quantitative estimate of drug-likeness (QED) is 0.577. The van der Waals surface area contributed by atoms with E-state index in [9.17, 15) is 9.18 Å². The molecule has 25 heavy (non-hydrogen) atoms. The van der Waals surface area contributed by atoms with E-state index in [1.165, 1.54) is 35.8 Å². The number of hydrogen-bond donors (Lipinski definition) is 1. The highest BCUT2D eigenvalue weighted by Crippen LogP contribution is 2.33. The Balaban J connectivity index is 1.61. The number of methoxy groups -OCH3 is 1. The molecule has 4 aromatic rings. The van der Waals surface area contributed by atoms with Crippen LogP contribution in [-0.4, -0.2) is 22.4 Å². The zero-order valence-corrected chi connectivity index (χ0v) is 14.9. The highest BCUT2D eigenvalue weighted by molar-refractivity contribution is 7.21. The molecule has 0 unspecified atom stereocenters. The van der Waals surface area contributed by atoms with Gasteiger partial charge in [0.1, 0.15) is 5.82 Å². The predicted octanol–water partition coefficient (Wildman–Crippen LogP) is 3.83. The van der Waals surface area contributed by atoms with E-state index >= 15 is 0 Å². The number of rotatable bonds is 5. The van der Waals surface area contributed by atoms with Gasteiger partial charge < -0.3 is 10.1 Å². The number of amides is 1. The van der Waals surface area contributed by atoms with Gasteiger partial charge in [-0.05, 0) is 12.1 Å². The number of nitrogens with one attached hydrogen (secondary N) is 1. The predicted molar refractivity (Wildman–Crippen MR) is 96.7 cm³/mol. The summed E-state index contributed by atoms with van der Waals surface area (Å²) in [5, 5.41) is 5.28. The number of carbonyl (C=O) groups excluding carboxylic acids is 1. The fourth-order valence-electron chi connectivity index (χ4n) is 2.75. The molecular weight excluding hydrogens is 361 g/mol. The lowest BCUT2D eigenvalue weighted by Crippen LogP contribution is -2.23. The Morgan fingerprint density at radius 1 is 1.44 bits per heavy atom. The van der Waals surface area contributed by atoms with Gasteiger partial charge in [0, 0.05) is 40.5 Å². The van der Waals surface area contributed by atoms with Gasteiger partial charge >= 0.3 is 0 Å². The fourth-order valence-corrected chi connectivity index (χ4v) is 4.60. The van der Waals surface area contributed by atoms with Gasteiger partial charge in [0.2, 0.25) is 0 Å². The third kappa shape index (κ3) is 2.92. The van der Waals surface area contributed by atoms with E-state index in [2.05, 4.69) is 10.3 Å². The zero-order chi connectivity index (χ0) is 17.4. The molecule has 5 nitrogen and oxygen atoms in total. The maximum Gasteiger partial charge on any atom is 0.262 e. The molecule has 0 aliphatic heterocycles. The van der Waals surface area contributed by atoms with Gasteiger partial charge in [-0.1, -0.05) is 6.07 Å². The summed E-state index contributed by atoms with van der Waals surface area (Å²) >= 11 is 2.81. The van der Waals surface area contributed by atoms with Crippen molar-refractivity contribution < 1.29 is 13.9 Å². The number of hydrogen-bond acceptors (Lipinski definition) is 5. The van der Waals surface area contributed by atoms with E-state index in [1.54, 1.807) is 6.07 Å².